The molecule has 0 spiro atoms. The number of aryl methyl sites for hydroxylation is 1. The van der Waals surface area contributed by atoms with E-state index in [1.54, 1.807) is 6.08 Å². The SMILES string of the molecule is Cc1nn(Cc2ccccc2Cl)c(C)c1/C=C/C(=O)NCc1n[nH]c(=S)n1C1CC1. The first-order valence-electron chi connectivity index (χ1n) is 9.83. The molecule has 156 valence electrons. The van der Waals surface area contributed by atoms with E-state index < -0.39 is 0 Å². The van der Waals surface area contributed by atoms with E-state index in [0.717, 1.165) is 41.2 Å². The van der Waals surface area contributed by atoms with Crippen molar-refractivity contribution < 1.29 is 4.79 Å². The number of aromatic amines is 1. The van der Waals surface area contributed by atoms with E-state index in [0.29, 0.717) is 28.9 Å². The number of H-pyrrole nitrogens is 1. The molecule has 0 atom stereocenters. The van der Waals surface area contributed by atoms with Gasteiger partial charge in [0.1, 0.15) is 0 Å². The van der Waals surface area contributed by atoms with Gasteiger partial charge >= 0.3 is 0 Å². The number of aromatic nitrogens is 5. The normalized spacial score (nSPS) is 13.8. The summed E-state index contributed by atoms with van der Waals surface area (Å²) < 4.78 is 4.50. The molecular formula is C21H23ClN6OS. The average molecular weight is 443 g/mol. The lowest BCUT2D eigenvalue weighted by Crippen LogP contribution is -2.22. The molecule has 2 heterocycles. The van der Waals surface area contributed by atoms with Crippen LogP contribution in [-0.2, 0) is 17.9 Å². The number of nitrogens with zero attached hydrogens (tertiary/aromatic N) is 4. The van der Waals surface area contributed by atoms with Crippen LogP contribution in [0.5, 0.6) is 0 Å². The minimum atomic E-state index is -0.191. The zero-order chi connectivity index (χ0) is 21.3. The monoisotopic (exact) mass is 442 g/mol. The van der Waals surface area contributed by atoms with Crippen LogP contribution in [0.1, 0.15) is 47.2 Å². The lowest BCUT2D eigenvalue weighted by molar-refractivity contribution is -0.116. The maximum Gasteiger partial charge on any atom is 0.244 e. The molecule has 7 nitrogen and oxygen atoms in total. The topological polar surface area (TPSA) is 80.5 Å². The smallest absolute Gasteiger partial charge is 0.244 e. The Morgan fingerprint density at radius 1 is 1.37 bits per heavy atom. The third-order valence-corrected chi connectivity index (χ3v) is 5.88. The van der Waals surface area contributed by atoms with Gasteiger partial charge in [0.15, 0.2) is 10.6 Å². The number of amides is 1. The molecule has 1 aromatic carbocycles. The fourth-order valence-electron chi connectivity index (χ4n) is 3.45. The van der Waals surface area contributed by atoms with Crippen LogP contribution in [0.2, 0.25) is 5.02 Å². The van der Waals surface area contributed by atoms with Crippen molar-refractivity contribution in [1.82, 2.24) is 29.9 Å². The largest absolute Gasteiger partial charge is 0.345 e. The van der Waals surface area contributed by atoms with E-state index in [-0.39, 0.29) is 5.91 Å². The predicted octanol–water partition coefficient (Wildman–Crippen LogP) is 4.12. The van der Waals surface area contributed by atoms with Crippen LogP contribution < -0.4 is 5.32 Å². The van der Waals surface area contributed by atoms with Gasteiger partial charge in [-0.3, -0.25) is 19.1 Å². The summed E-state index contributed by atoms with van der Waals surface area (Å²) in [5, 5.41) is 15.2. The van der Waals surface area contributed by atoms with Gasteiger partial charge < -0.3 is 5.32 Å². The first-order valence-corrected chi connectivity index (χ1v) is 10.6. The lowest BCUT2D eigenvalue weighted by atomic mass is 10.1. The van der Waals surface area contributed by atoms with Crippen LogP contribution in [0, 0.1) is 18.6 Å². The maximum absolute atomic E-state index is 12.3. The van der Waals surface area contributed by atoms with Crippen LogP contribution >= 0.6 is 23.8 Å². The van der Waals surface area contributed by atoms with Crippen molar-refractivity contribution >= 4 is 35.8 Å². The molecule has 0 radical (unpaired) electrons. The Balaban J connectivity index is 1.42. The second-order valence-corrected chi connectivity index (χ2v) is 8.22. The molecule has 4 rings (SSSR count). The van der Waals surface area contributed by atoms with Crippen molar-refractivity contribution in [3.05, 3.63) is 68.5 Å². The van der Waals surface area contributed by atoms with Crippen LogP contribution in [0.15, 0.2) is 30.3 Å². The van der Waals surface area contributed by atoms with Crippen LogP contribution in [-0.4, -0.2) is 30.5 Å². The minimum Gasteiger partial charge on any atom is -0.345 e. The molecule has 0 saturated heterocycles. The van der Waals surface area contributed by atoms with E-state index in [1.165, 1.54) is 6.08 Å². The van der Waals surface area contributed by atoms with Gasteiger partial charge in [0.25, 0.3) is 0 Å². The van der Waals surface area contributed by atoms with Crippen molar-refractivity contribution in [3.63, 3.8) is 0 Å². The van der Waals surface area contributed by atoms with Crippen molar-refractivity contribution in [1.29, 1.82) is 0 Å². The van der Waals surface area contributed by atoms with Gasteiger partial charge in [0.05, 0.1) is 18.8 Å². The average Bonchev–Trinajstić information content (AvgIpc) is 3.43. The van der Waals surface area contributed by atoms with Crippen LogP contribution in [0.3, 0.4) is 0 Å². The molecule has 1 saturated carbocycles. The predicted molar refractivity (Wildman–Crippen MR) is 119 cm³/mol. The highest BCUT2D eigenvalue weighted by Gasteiger charge is 2.27. The van der Waals surface area contributed by atoms with Gasteiger partial charge in [0.2, 0.25) is 5.91 Å². The van der Waals surface area contributed by atoms with Gasteiger partial charge in [-0.25, -0.2) is 0 Å². The Morgan fingerprint density at radius 3 is 2.87 bits per heavy atom. The summed E-state index contributed by atoms with van der Waals surface area (Å²) in [6.45, 7) is 4.83. The summed E-state index contributed by atoms with van der Waals surface area (Å²) in [5.74, 6) is 0.563. The highest BCUT2D eigenvalue weighted by molar-refractivity contribution is 7.71. The second-order valence-electron chi connectivity index (χ2n) is 7.43. The Labute approximate surface area is 184 Å². The van der Waals surface area contributed by atoms with Gasteiger partial charge in [-0.15, -0.1) is 0 Å². The van der Waals surface area contributed by atoms with Crippen LogP contribution in [0.4, 0.5) is 0 Å². The molecule has 0 aliphatic heterocycles. The van der Waals surface area contributed by atoms with Crippen molar-refractivity contribution in [3.8, 4) is 0 Å². The number of carbonyl (C=O) groups excluding carboxylic acids is 1. The highest BCUT2D eigenvalue weighted by atomic mass is 35.5. The first kappa shape index (κ1) is 20.6. The number of carbonyl (C=O) groups is 1. The molecule has 0 unspecified atom stereocenters. The molecule has 30 heavy (non-hydrogen) atoms. The summed E-state index contributed by atoms with van der Waals surface area (Å²) in [6, 6.07) is 8.13. The summed E-state index contributed by atoms with van der Waals surface area (Å²) in [4.78, 5) is 12.3. The zero-order valence-electron chi connectivity index (χ0n) is 16.9. The Kier molecular flexibility index (Phi) is 5.87. The molecule has 1 amide bonds. The first-order chi connectivity index (χ1) is 14.4. The number of benzene rings is 1. The third kappa shape index (κ3) is 4.39. The number of rotatable bonds is 7. The Morgan fingerprint density at radius 2 is 2.13 bits per heavy atom. The van der Waals surface area contributed by atoms with Gasteiger partial charge in [-0.2, -0.15) is 10.2 Å². The number of hydrogen-bond donors (Lipinski definition) is 2. The molecule has 1 aliphatic rings. The molecule has 1 fully saturated rings. The maximum atomic E-state index is 12.3. The van der Waals surface area contributed by atoms with Crippen molar-refractivity contribution in [2.45, 2.75) is 45.8 Å². The molecular weight excluding hydrogens is 420 g/mol. The highest BCUT2D eigenvalue weighted by Crippen LogP contribution is 2.35. The summed E-state index contributed by atoms with van der Waals surface area (Å²) >= 11 is 11.5. The standard InChI is InChI=1S/C21H23ClN6OS/c1-13-17(14(2)27(26-13)12-15-5-3-4-6-18(15)22)9-10-20(29)23-11-19-24-25-21(30)28(19)16-7-8-16/h3-6,9-10,16H,7-8,11-12H2,1-2H3,(H,23,29)(H,25,30)/b10-9+. The second kappa shape index (κ2) is 8.57. The van der Waals surface area contributed by atoms with Gasteiger partial charge in [-0.1, -0.05) is 29.8 Å². The van der Waals surface area contributed by atoms with E-state index in [4.69, 9.17) is 23.8 Å². The van der Waals surface area contributed by atoms with Gasteiger partial charge in [-0.05, 0) is 56.6 Å². The molecule has 3 aromatic rings. The fraction of sp³-hybridized carbons (Fsp3) is 0.333. The quantitative estimate of drug-likeness (QED) is 0.426. The Hall–Kier alpha value is -2.71. The summed E-state index contributed by atoms with van der Waals surface area (Å²) in [7, 11) is 0. The number of hydrogen-bond acceptors (Lipinski definition) is 4. The summed E-state index contributed by atoms with van der Waals surface area (Å²) in [6.07, 6.45) is 5.53. The van der Waals surface area contributed by atoms with Crippen molar-refractivity contribution in [2.24, 2.45) is 0 Å². The van der Waals surface area contributed by atoms with Crippen molar-refractivity contribution in [2.75, 3.05) is 0 Å². The van der Waals surface area contributed by atoms with E-state index >= 15 is 0 Å². The molecule has 9 heteroatoms. The van der Waals surface area contributed by atoms with E-state index in [1.807, 2.05) is 47.4 Å². The third-order valence-electron chi connectivity index (χ3n) is 5.23. The Bertz CT molecular complexity index is 1170. The zero-order valence-corrected chi connectivity index (χ0v) is 18.4. The number of halogens is 1. The van der Waals surface area contributed by atoms with Crippen LogP contribution in [0.25, 0.3) is 6.08 Å². The molecule has 1 aliphatic carbocycles. The lowest BCUT2D eigenvalue weighted by Gasteiger charge is -2.07. The molecule has 2 aromatic heterocycles. The number of nitrogens with one attached hydrogen (secondary N) is 2. The van der Waals surface area contributed by atoms with E-state index in [2.05, 4.69) is 20.6 Å². The molecule has 2 N–H and O–H groups in total. The fourth-order valence-corrected chi connectivity index (χ4v) is 3.94. The van der Waals surface area contributed by atoms with Gasteiger partial charge in [0, 0.05) is 28.4 Å². The summed E-state index contributed by atoms with van der Waals surface area (Å²) in [5.41, 5.74) is 3.77. The molecule has 0 bridgehead atoms. The minimum absolute atomic E-state index is 0.191. The van der Waals surface area contributed by atoms with E-state index in [9.17, 15) is 4.79 Å².